The van der Waals surface area contributed by atoms with Crippen LogP contribution >= 0.6 is 0 Å². The quantitative estimate of drug-likeness (QED) is 0.447. The third-order valence-corrected chi connectivity index (χ3v) is 7.73. The number of nitrogens with one attached hydrogen (secondary N) is 2. The molecule has 12 heteroatoms. The van der Waals surface area contributed by atoms with Crippen LogP contribution in [-0.4, -0.2) is 84.0 Å². The minimum atomic E-state index is -0.841. The first-order valence-corrected chi connectivity index (χ1v) is 13.7. The standard InChI is InChI=1S/C29H35BN6O5/c1-17(2)25(33-28(38)41-4)27(37)36-16-35(29(39)34-13-19-6-5-7-24(40-3)21(19)14-34)15-23(36)26-31-12-22(32-26)18-8-10-20(30)11-9-18/h5-12,17,23,25H,13-16,30H2,1-4H3,(H,31,32)(H,33,38)/t23?,25-/m0/s1. The van der Waals surface area contributed by atoms with Crippen molar-refractivity contribution in [3.63, 3.8) is 0 Å². The molecule has 0 radical (unpaired) electrons. The molecule has 1 aromatic heterocycles. The molecule has 2 aliphatic heterocycles. The van der Waals surface area contributed by atoms with Gasteiger partial charge in [-0.25, -0.2) is 14.6 Å². The van der Waals surface area contributed by atoms with Gasteiger partial charge in [0.25, 0.3) is 0 Å². The number of hydrogen-bond acceptors (Lipinski definition) is 6. The minimum absolute atomic E-state index is 0.0545. The van der Waals surface area contributed by atoms with E-state index in [9.17, 15) is 14.4 Å². The van der Waals surface area contributed by atoms with Crippen molar-refractivity contribution < 1.29 is 23.9 Å². The van der Waals surface area contributed by atoms with Crippen molar-refractivity contribution in [2.75, 3.05) is 27.4 Å². The molecule has 0 bridgehead atoms. The van der Waals surface area contributed by atoms with Crippen LogP contribution in [-0.2, 0) is 22.6 Å². The number of alkyl carbamates (subject to hydrolysis) is 1. The van der Waals surface area contributed by atoms with Gasteiger partial charge in [0.2, 0.25) is 5.91 Å². The molecule has 5 rings (SSSR count). The Balaban J connectivity index is 1.42. The number of hydrogen-bond donors (Lipinski definition) is 2. The summed E-state index contributed by atoms with van der Waals surface area (Å²) in [5, 5.41) is 2.66. The fourth-order valence-electron chi connectivity index (χ4n) is 5.42. The Hall–Kier alpha value is -4.48. The molecule has 41 heavy (non-hydrogen) atoms. The molecular formula is C29H35BN6O5. The van der Waals surface area contributed by atoms with Crippen molar-refractivity contribution >= 4 is 31.3 Å². The highest BCUT2D eigenvalue weighted by atomic mass is 16.5. The van der Waals surface area contributed by atoms with E-state index in [4.69, 9.17) is 14.5 Å². The van der Waals surface area contributed by atoms with Gasteiger partial charge in [0.1, 0.15) is 31.5 Å². The number of methoxy groups -OCH3 is 2. The number of rotatable bonds is 6. The van der Waals surface area contributed by atoms with Gasteiger partial charge in [-0.3, -0.25) is 4.79 Å². The Morgan fingerprint density at radius 2 is 1.83 bits per heavy atom. The van der Waals surface area contributed by atoms with Gasteiger partial charge < -0.3 is 34.5 Å². The molecule has 3 heterocycles. The fraction of sp³-hybridized carbons (Fsp3) is 0.379. The number of ether oxygens (including phenoxy) is 2. The number of carbonyl (C=O) groups excluding carboxylic acids is 3. The molecule has 214 valence electrons. The van der Waals surface area contributed by atoms with E-state index in [0.29, 0.717) is 18.9 Å². The summed E-state index contributed by atoms with van der Waals surface area (Å²) in [6, 6.07) is 12.3. The van der Waals surface area contributed by atoms with Crippen LogP contribution in [0.5, 0.6) is 5.75 Å². The highest BCUT2D eigenvalue weighted by Crippen LogP contribution is 2.34. The predicted octanol–water partition coefficient (Wildman–Crippen LogP) is 2.00. The number of aromatic amines is 1. The predicted molar refractivity (Wildman–Crippen MR) is 155 cm³/mol. The molecule has 0 spiro atoms. The van der Waals surface area contributed by atoms with Gasteiger partial charge in [-0.15, -0.1) is 0 Å². The van der Waals surface area contributed by atoms with E-state index in [1.165, 1.54) is 7.11 Å². The van der Waals surface area contributed by atoms with Gasteiger partial charge in [-0.2, -0.15) is 0 Å². The number of amides is 4. The van der Waals surface area contributed by atoms with Gasteiger partial charge in [-0.05, 0) is 17.5 Å². The third-order valence-electron chi connectivity index (χ3n) is 7.73. The minimum Gasteiger partial charge on any atom is -0.496 e. The van der Waals surface area contributed by atoms with Crippen LogP contribution in [0.4, 0.5) is 9.59 Å². The number of imidazole rings is 1. The summed E-state index contributed by atoms with van der Waals surface area (Å²) in [5.74, 6) is 0.788. The lowest BCUT2D eigenvalue weighted by Gasteiger charge is -2.29. The monoisotopic (exact) mass is 558 g/mol. The molecule has 1 unspecified atom stereocenters. The van der Waals surface area contributed by atoms with Crippen LogP contribution in [0, 0.1) is 5.92 Å². The number of carbonyl (C=O) groups is 3. The van der Waals surface area contributed by atoms with Crippen LogP contribution in [0.3, 0.4) is 0 Å². The summed E-state index contributed by atoms with van der Waals surface area (Å²) in [6.45, 7) is 4.88. The molecule has 0 saturated carbocycles. The third kappa shape index (κ3) is 5.59. The maximum absolute atomic E-state index is 13.9. The zero-order chi connectivity index (χ0) is 29.3. The van der Waals surface area contributed by atoms with Crippen molar-refractivity contribution in [3.05, 3.63) is 65.6 Å². The zero-order valence-electron chi connectivity index (χ0n) is 24.0. The van der Waals surface area contributed by atoms with Crippen molar-refractivity contribution in [2.24, 2.45) is 5.92 Å². The second-order valence-corrected chi connectivity index (χ2v) is 10.8. The summed E-state index contributed by atoms with van der Waals surface area (Å²) in [7, 11) is 4.90. The number of aromatic nitrogens is 2. The Kier molecular flexibility index (Phi) is 7.91. The Bertz CT molecular complexity index is 1440. The van der Waals surface area contributed by atoms with Crippen molar-refractivity contribution in [1.82, 2.24) is 30.0 Å². The van der Waals surface area contributed by atoms with Crippen LogP contribution in [0.1, 0.15) is 36.8 Å². The molecule has 1 saturated heterocycles. The SMILES string of the molecule is Bc1ccc(-c2c[nH]c(C3CN(C(=O)N4Cc5cccc(OC)c5C4)CN3C(=O)[C@@H](NC(=O)OC)C(C)C)n2)cc1. The normalized spacial score (nSPS) is 17.0. The van der Waals surface area contributed by atoms with Gasteiger partial charge in [0.15, 0.2) is 0 Å². The molecule has 2 aromatic carbocycles. The first-order chi connectivity index (χ1) is 19.7. The van der Waals surface area contributed by atoms with Crippen molar-refractivity contribution in [1.29, 1.82) is 0 Å². The number of benzene rings is 2. The first-order valence-electron chi connectivity index (χ1n) is 13.7. The molecule has 0 aliphatic carbocycles. The largest absolute Gasteiger partial charge is 0.496 e. The summed E-state index contributed by atoms with van der Waals surface area (Å²) >= 11 is 0. The van der Waals surface area contributed by atoms with E-state index in [1.54, 1.807) is 21.8 Å². The van der Waals surface area contributed by atoms with Gasteiger partial charge in [0, 0.05) is 23.9 Å². The van der Waals surface area contributed by atoms with Crippen molar-refractivity contribution in [2.45, 2.75) is 39.0 Å². The second-order valence-electron chi connectivity index (χ2n) is 10.8. The van der Waals surface area contributed by atoms with Crippen molar-refractivity contribution in [3.8, 4) is 17.0 Å². The molecule has 2 N–H and O–H groups in total. The molecule has 11 nitrogen and oxygen atoms in total. The highest BCUT2D eigenvalue weighted by molar-refractivity contribution is 6.32. The number of urea groups is 1. The molecular weight excluding hydrogens is 523 g/mol. The first kappa shape index (κ1) is 28.1. The summed E-state index contributed by atoms with van der Waals surface area (Å²) in [5.41, 5.74) is 4.86. The molecule has 1 fully saturated rings. The van der Waals surface area contributed by atoms with E-state index >= 15 is 0 Å². The Labute approximate surface area is 240 Å². The number of nitrogens with zero attached hydrogens (tertiary/aromatic N) is 4. The topological polar surface area (TPSA) is 120 Å². The van der Waals surface area contributed by atoms with Crippen LogP contribution in [0.25, 0.3) is 11.3 Å². The summed E-state index contributed by atoms with van der Waals surface area (Å²) in [4.78, 5) is 52.9. The van der Waals surface area contributed by atoms with Crippen LogP contribution in [0.2, 0.25) is 0 Å². The van der Waals surface area contributed by atoms with E-state index in [1.807, 2.05) is 70.4 Å². The lowest BCUT2D eigenvalue weighted by molar-refractivity contribution is -0.135. The molecule has 2 aliphatic rings. The maximum atomic E-state index is 13.9. The second kappa shape index (κ2) is 11.6. The Morgan fingerprint density at radius 1 is 1.07 bits per heavy atom. The highest BCUT2D eigenvalue weighted by Gasteiger charge is 2.43. The maximum Gasteiger partial charge on any atom is 0.407 e. The number of fused-ring (bicyclic) bond motifs is 1. The lowest BCUT2D eigenvalue weighted by atomic mass is 9.95. The smallest absolute Gasteiger partial charge is 0.407 e. The lowest BCUT2D eigenvalue weighted by Crippen LogP contribution is -2.52. The van der Waals surface area contributed by atoms with E-state index in [2.05, 4.69) is 10.3 Å². The fourth-order valence-corrected chi connectivity index (χ4v) is 5.42. The molecule has 2 atom stereocenters. The summed E-state index contributed by atoms with van der Waals surface area (Å²) in [6.07, 6.45) is 1.12. The van der Waals surface area contributed by atoms with Gasteiger partial charge >= 0.3 is 12.1 Å². The van der Waals surface area contributed by atoms with E-state index < -0.39 is 18.2 Å². The zero-order valence-corrected chi connectivity index (χ0v) is 24.0. The average Bonchev–Trinajstić information content (AvgIpc) is 3.73. The van der Waals surface area contributed by atoms with E-state index in [-0.39, 0.29) is 31.1 Å². The summed E-state index contributed by atoms with van der Waals surface area (Å²) < 4.78 is 10.3. The van der Waals surface area contributed by atoms with Gasteiger partial charge in [0.05, 0.1) is 39.7 Å². The average molecular weight is 558 g/mol. The van der Waals surface area contributed by atoms with Crippen LogP contribution in [0.15, 0.2) is 48.7 Å². The van der Waals surface area contributed by atoms with Gasteiger partial charge in [-0.1, -0.05) is 55.7 Å². The number of H-pyrrole nitrogens is 1. The molecule has 3 aromatic rings. The van der Waals surface area contributed by atoms with E-state index in [0.717, 1.165) is 33.6 Å². The Morgan fingerprint density at radius 3 is 2.51 bits per heavy atom. The molecule has 4 amide bonds. The van der Waals surface area contributed by atoms with Crippen LogP contribution < -0.4 is 15.5 Å².